The Morgan fingerprint density at radius 3 is 2.38 bits per heavy atom. The molecule has 1 aromatic heterocycles. The van der Waals surface area contributed by atoms with Crippen LogP contribution in [0.2, 0.25) is 0 Å². The third-order valence-electron chi connectivity index (χ3n) is 4.79. The molecule has 7 heteroatoms. The Hall–Kier alpha value is -3.87. The van der Waals surface area contributed by atoms with Crippen LogP contribution in [-0.4, -0.2) is 29.1 Å². The highest BCUT2D eigenvalue weighted by Gasteiger charge is 2.48. The normalized spacial score (nSPS) is 18.3. The predicted octanol–water partition coefficient (Wildman–Crippen LogP) is 3.62. The summed E-state index contributed by atoms with van der Waals surface area (Å²) in [5.74, 6) is -0.492. The number of hydrogen-bond donors (Lipinski definition) is 1. The first-order valence-electron chi connectivity index (χ1n) is 8.95. The number of anilines is 1. The number of methoxy groups -OCH3 is 1. The summed E-state index contributed by atoms with van der Waals surface area (Å²) in [4.78, 5) is 27.1. The van der Waals surface area contributed by atoms with Crippen LogP contribution in [-0.2, 0) is 9.59 Å². The van der Waals surface area contributed by atoms with Crippen LogP contribution < -0.4 is 9.64 Å². The number of aliphatic hydroxyl groups is 1. The molecule has 0 saturated carbocycles. The number of amides is 1. The van der Waals surface area contributed by atoms with Gasteiger partial charge in [-0.3, -0.25) is 14.5 Å². The van der Waals surface area contributed by atoms with Crippen molar-refractivity contribution in [3.8, 4) is 5.75 Å². The van der Waals surface area contributed by atoms with E-state index in [0.717, 1.165) is 0 Å². The van der Waals surface area contributed by atoms with Crippen LogP contribution in [0.15, 0.2) is 70.8 Å². The van der Waals surface area contributed by atoms with Crippen molar-refractivity contribution in [2.75, 3.05) is 12.0 Å². The molecule has 1 amide bonds. The van der Waals surface area contributed by atoms with Crippen LogP contribution in [0.3, 0.4) is 0 Å². The molecule has 0 bridgehead atoms. The van der Waals surface area contributed by atoms with Crippen LogP contribution in [0.5, 0.6) is 5.75 Å². The third-order valence-corrected chi connectivity index (χ3v) is 4.79. The maximum absolute atomic E-state index is 12.9. The van der Waals surface area contributed by atoms with Crippen molar-refractivity contribution in [3.63, 3.8) is 0 Å². The molecule has 1 unspecified atom stereocenters. The highest BCUT2D eigenvalue weighted by Crippen LogP contribution is 2.41. The summed E-state index contributed by atoms with van der Waals surface area (Å²) < 4.78 is 10.2. The van der Waals surface area contributed by atoms with Gasteiger partial charge in [-0.15, -0.1) is 0 Å². The summed E-state index contributed by atoms with van der Waals surface area (Å²) in [6, 6.07) is 16.4. The van der Waals surface area contributed by atoms with Gasteiger partial charge >= 0.3 is 5.91 Å². The van der Waals surface area contributed by atoms with Crippen molar-refractivity contribution in [3.05, 3.63) is 83.1 Å². The number of nitrogens with zero attached hydrogens (tertiary/aromatic N) is 2. The lowest BCUT2D eigenvalue weighted by Crippen LogP contribution is -2.29. The van der Waals surface area contributed by atoms with Crippen molar-refractivity contribution in [1.29, 1.82) is 0 Å². The van der Waals surface area contributed by atoms with E-state index in [2.05, 4.69) is 5.16 Å². The molecule has 3 aromatic rings. The molecule has 1 aliphatic heterocycles. The van der Waals surface area contributed by atoms with Crippen molar-refractivity contribution < 1.29 is 24.0 Å². The van der Waals surface area contributed by atoms with Gasteiger partial charge in [-0.05, 0) is 36.8 Å². The van der Waals surface area contributed by atoms with Crippen LogP contribution in [0.25, 0.3) is 5.76 Å². The number of Topliss-reactive ketones (excluding diaryl/α,β-unsaturated/α-hetero) is 1. The average molecular weight is 390 g/mol. The van der Waals surface area contributed by atoms with Crippen LogP contribution in [0.1, 0.15) is 22.9 Å². The molecule has 2 heterocycles. The molecule has 0 radical (unpaired) electrons. The standard InChI is InChI=1S/C22H18N2O5/c1-13-12-17(23-29-13)24-19(14-6-4-3-5-7-14)18(21(26)22(24)27)20(25)15-8-10-16(28-2)11-9-15/h3-12,19,25H,1-2H3. The summed E-state index contributed by atoms with van der Waals surface area (Å²) >= 11 is 0. The number of hydrogen-bond acceptors (Lipinski definition) is 6. The van der Waals surface area contributed by atoms with E-state index < -0.39 is 17.7 Å². The van der Waals surface area contributed by atoms with Gasteiger partial charge in [0.25, 0.3) is 5.78 Å². The van der Waals surface area contributed by atoms with Gasteiger partial charge in [0, 0.05) is 11.6 Å². The molecular weight excluding hydrogens is 372 g/mol. The minimum Gasteiger partial charge on any atom is -0.507 e. The quantitative estimate of drug-likeness (QED) is 0.416. The SMILES string of the molecule is COc1ccc(C(O)=C2C(=O)C(=O)N(c3cc(C)on3)C2c2ccccc2)cc1. The van der Waals surface area contributed by atoms with E-state index in [-0.39, 0.29) is 17.2 Å². The van der Waals surface area contributed by atoms with Crippen molar-refractivity contribution in [2.24, 2.45) is 0 Å². The number of ketones is 1. The molecule has 0 spiro atoms. The summed E-state index contributed by atoms with van der Waals surface area (Å²) in [5.41, 5.74) is 1.07. The average Bonchev–Trinajstić information content (AvgIpc) is 3.29. The van der Waals surface area contributed by atoms with Gasteiger partial charge < -0.3 is 14.4 Å². The Bertz CT molecular complexity index is 1100. The van der Waals surface area contributed by atoms with Gasteiger partial charge in [0.05, 0.1) is 18.7 Å². The number of aryl methyl sites for hydroxylation is 1. The van der Waals surface area contributed by atoms with Crippen molar-refractivity contribution >= 4 is 23.3 Å². The Balaban J connectivity index is 1.90. The zero-order chi connectivity index (χ0) is 20.5. The Labute approximate surface area is 166 Å². The second-order valence-corrected chi connectivity index (χ2v) is 6.60. The lowest BCUT2D eigenvalue weighted by Gasteiger charge is -2.22. The number of aliphatic hydroxyl groups excluding tert-OH is 1. The van der Waals surface area contributed by atoms with E-state index >= 15 is 0 Å². The zero-order valence-corrected chi connectivity index (χ0v) is 15.8. The Morgan fingerprint density at radius 1 is 1.10 bits per heavy atom. The van der Waals surface area contributed by atoms with Crippen molar-refractivity contribution in [1.82, 2.24) is 5.16 Å². The summed E-state index contributed by atoms with van der Waals surface area (Å²) in [6.07, 6.45) is 0. The molecule has 1 atom stereocenters. The second kappa shape index (κ2) is 7.27. The molecule has 4 rings (SSSR count). The lowest BCUT2D eigenvalue weighted by molar-refractivity contribution is -0.132. The monoisotopic (exact) mass is 390 g/mol. The lowest BCUT2D eigenvalue weighted by atomic mass is 9.95. The molecule has 146 valence electrons. The number of aromatic nitrogens is 1. The van der Waals surface area contributed by atoms with Crippen LogP contribution in [0.4, 0.5) is 5.82 Å². The van der Waals surface area contributed by atoms with Crippen LogP contribution in [0, 0.1) is 6.92 Å². The minimum atomic E-state index is -0.831. The first-order valence-corrected chi connectivity index (χ1v) is 8.95. The largest absolute Gasteiger partial charge is 0.507 e. The smallest absolute Gasteiger partial charge is 0.301 e. The van der Waals surface area contributed by atoms with Gasteiger partial charge in [-0.2, -0.15) is 0 Å². The zero-order valence-electron chi connectivity index (χ0n) is 15.8. The minimum absolute atomic E-state index is 0.00739. The van der Waals surface area contributed by atoms with Gasteiger partial charge in [0.1, 0.15) is 17.3 Å². The molecule has 7 nitrogen and oxygen atoms in total. The summed E-state index contributed by atoms with van der Waals surface area (Å²) in [6.45, 7) is 1.70. The number of rotatable bonds is 4. The topological polar surface area (TPSA) is 92.9 Å². The first-order chi connectivity index (χ1) is 14.0. The molecule has 1 fully saturated rings. The maximum Gasteiger partial charge on any atom is 0.301 e. The maximum atomic E-state index is 12.9. The number of carbonyl (C=O) groups is 2. The molecular formula is C22H18N2O5. The fourth-order valence-corrected chi connectivity index (χ4v) is 3.39. The first kappa shape index (κ1) is 18.5. The summed E-state index contributed by atoms with van der Waals surface area (Å²) in [5, 5.41) is 14.9. The molecule has 1 aliphatic rings. The second-order valence-electron chi connectivity index (χ2n) is 6.60. The summed E-state index contributed by atoms with van der Waals surface area (Å²) in [7, 11) is 1.54. The van der Waals surface area contributed by atoms with E-state index in [4.69, 9.17) is 9.26 Å². The van der Waals surface area contributed by atoms with E-state index in [1.165, 1.54) is 12.0 Å². The van der Waals surface area contributed by atoms with Gasteiger partial charge in [-0.25, -0.2) is 0 Å². The molecule has 2 aromatic carbocycles. The number of benzene rings is 2. The number of ether oxygens (including phenoxy) is 1. The van der Waals surface area contributed by atoms with Gasteiger partial charge in [-0.1, -0.05) is 35.5 Å². The van der Waals surface area contributed by atoms with E-state index in [1.54, 1.807) is 61.5 Å². The molecule has 1 N–H and O–H groups in total. The van der Waals surface area contributed by atoms with Gasteiger partial charge in [0.15, 0.2) is 5.82 Å². The highest BCUT2D eigenvalue weighted by atomic mass is 16.5. The van der Waals surface area contributed by atoms with E-state index in [9.17, 15) is 14.7 Å². The van der Waals surface area contributed by atoms with E-state index in [0.29, 0.717) is 22.6 Å². The fraction of sp³-hybridized carbons (Fsp3) is 0.136. The third kappa shape index (κ3) is 3.16. The van der Waals surface area contributed by atoms with Crippen molar-refractivity contribution in [2.45, 2.75) is 13.0 Å². The van der Waals surface area contributed by atoms with E-state index in [1.807, 2.05) is 6.07 Å². The predicted molar refractivity (Wildman–Crippen MR) is 105 cm³/mol. The molecule has 1 saturated heterocycles. The Kier molecular flexibility index (Phi) is 4.64. The Morgan fingerprint density at radius 2 is 1.79 bits per heavy atom. The molecule has 0 aliphatic carbocycles. The van der Waals surface area contributed by atoms with Gasteiger partial charge in [0.2, 0.25) is 0 Å². The molecule has 29 heavy (non-hydrogen) atoms. The fourth-order valence-electron chi connectivity index (χ4n) is 3.39. The van der Waals surface area contributed by atoms with Crippen LogP contribution >= 0.6 is 0 Å². The highest BCUT2D eigenvalue weighted by molar-refractivity contribution is 6.51. The number of carbonyl (C=O) groups excluding carboxylic acids is 2.